The Labute approximate surface area is 89.4 Å². The van der Waals surface area contributed by atoms with Crippen molar-refractivity contribution >= 4 is 22.9 Å². The minimum absolute atomic E-state index is 1.03. The molecule has 3 heteroatoms. The number of hydrogen-bond acceptors (Lipinski definition) is 1. The summed E-state index contributed by atoms with van der Waals surface area (Å²) in [5.41, 5.74) is 3.27. The number of nitrogens with zero attached hydrogens (tertiary/aromatic N) is 2. The predicted octanol–water partition coefficient (Wildman–Crippen LogP) is 2.70. The van der Waals surface area contributed by atoms with Crippen LogP contribution in [0.15, 0.2) is 29.3 Å². The van der Waals surface area contributed by atoms with Crippen LogP contribution in [-0.2, 0) is 0 Å². The molecular weight excluding hydrogens is 186 g/mol. The van der Waals surface area contributed by atoms with Crippen LogP contribution in [0.5, 0.6) is 0 Å². The van der Waals surface area contributed by atoms with E-state index in [9.17, 15) is 0 Å². The van der Waals surface area contributed by atoms with Gasteiger partial charge < -0.3 is 9.88 Å². The Morgan fingerprint density at radius 1 is 1.27 bits per heavy atom. The number of aromatic amines is 1. The Kier molecular flexibility index (Phi) is 2.46. The molecule has 1 aromatic carbocycles. The molecule has 0 fully saturated rings. The van der Waals surface area contributed by atoms with Crippen LogP contribution < -0.4 is 0 Å². The SMILES string of the molecule is Cc1[nH]c2ccccc2c1N=CN(C)C. The van der Waals surface area contributed by atoms with Crippen LogP contribution in [0.3, 0.4) is 0 Å². The third-order valence-electron chi connectivity index (χ3n) is 2.28. The lowest BCUT2D eigenvalue weighted by Gasteiger charge is -2.01. The van der Waals surface area contributed by atoms with E-state index >= 15 is 0 Å². The fraction of sp³-hybridized carbons (Fsp3) is 0.250. The highest BCUT2D eigenvalue weighted by Crippen LogP contribution is 2.29. The van der Waals surface area contributed by atoms with Crippen LogP contribution in [0.25, 0.3) is 10.9 Å². The topological polar surface area (TPSA) is 31.4 Å². The molecule has 0 radical (unpaired) electrons. The molecule has 78 valence electrons. The van der Waals surface area contributed by atoms with E-state index in [4.69, 9.17) is 0 Å². The summed E-state index contributed by atoms with van der Waals surface area (Å²) >= 11 is 0. The number of nitrogens with one attached hydrogen (secondary N) is 1. The second-order valence-electron chi connectivity index (χ2n) is 3.85. The van der Waals surface area contributed by atoms with Gasteiger partial charge in [0.2, 0.25) is 0 Å². The minimum Gasteiger partial charge on any atom is -0.369 e. The van der Waals surface area contributed by atoms with Gasteiger partial charge in [0.1, 0.15) is 0 Å². The maximum absolute atomic E-state index is 4.46. The molecule has 0 saturated heterocycles. The lowest BCUT2D eigenvalue weighted by atomic mass is 10.2. The van der Waals surface area contributed by atoms with E-state index in [1.54, 1.807) is 0 Å². The molecule has 0 spiro atoms. The van der Waals surface area contributed by atoms with Gasteiger partial charge in [-0.3, -0.25) is 0 Å². The summed E-state index contributed by atoms with van der Waals surface area (Å²) in [5.74, 6) is 0. The molecular formula is C12H15N3. The van der Waals surface area contributed by atoms with Crippen molar-refractivity contribution in [2.24, 2.45) is 4.99 Å². The van der Waals surface area contributed by atoms with Crippen molar-refractivity contribution in [3.8, 4) is 0 Å². The fourth-order valence-electron chi connectivity index (χ4n) is 1.60. The Morgan fingerprint density at radius 2 is 2.00 bits per heavy atom. The van der Waals surface area contributed by atoms with E-state index in [0.29, 0.717) is 0 Å². The van der Waals surface area contributed by atoms with E-state index in [2.05, 4.69) is 22.1 Å². The van der Waals surface area contributed by atoms with Gasteiger partial charge in [0.15, 0.2) is 0 Å². The predicted molar refractivity (Wildman–Crippen MR) is 64.9 cm³/mol. The largest absolute Gasteiger partial charge is 0.369 e. The number of para-hydroxylation sites is 1. The van der Waals surface area contributed by atoms with Crippen LogP contribution in [-0.4, -0.2) is 30.3 Å². The summed E-state index contributed by atoms with van der Waals surface area (Å²) < 4.78 is 0. The van der Waals surface area contributed by atoms with E-state index in [0.717, 1.165) is 16.9 Å². The van der Waals surface area contributed by atoms with Crippen LogP contribution in [0, 0.1) is 6.92 Å². The Balaban J connectivity index is 2.54. The zero-order chi connectivity index (χ0) is 10.8. The van der Waals surface area contributed by atoms with Crippen LogP contribution in [0.4, 0.5) is 5.69 Å². The van der Waals surface area contributed by atoms with Gasteiger partial charge in [0.25, 0.3) is 0 Å². The lowest BCUT2D eigenvalue weighted by molar-refractivity contribution is 0.643. The van der Waals surface area contributed by atoms with E-state index in [-0.39, 0.29) is 0 Å². The molecule has 1 aromatic heterocycles. The van der Waals surface area contributed by atoms with Gasteiger partial charge in [0, 0.05) is 30.7 Å². The summed E-state index contributed by atoms with van der Waals surface area (Å²) in [6.07, 6.45) is 1.82. The first-order valence-corrected chi connectivity index (χ1v) is 4.96. The van der Waals surface area contributed by atoms with Crippen LogP contribution in [0.1, 0.15) is 5.69 Å². The Morgan fingerprint density at radius 3 is 2.73 bits per heavy atom. The van der Waals surface area contributed by atoms with Gasteiger partial charge in [-0.25, -0.2) is 4.99 Å². The van der Waals surface area contributed by atoms with Crippen molar-refractivity contribution in [1.82, 2.24) is 9.88 Å². The molecule has 2 aromatic rings. The Hall–Kier alpha value is -1.77. The molecule has 1 heterocycles. The molecule has 0 unspecified atom stereocenters. The first-order valence-electron chi connectivity index (χ1n) is 4.96. The summed E-state index contributed by atoms with van der Waals surface area (Å²) in [4.78, 5) is 9.71. The van der Waals surface area contributed by atoms with Gasteiger partial charge in [-0.05, 0) is 13.0 Å². The van der Waals surface area contributed by atoms with Crippen LogP contribution in [0.2, 0.25) is 0 Å². The van der Waals surface area contributed by atoms with Gasteiger partial charge in [-0.1, -0.05) is 18.2 Å². The quantitative estimate of drug-likeness (QED) is 0.588. The van der Waals surface area contributed by atoms with E-state index < -0.39 is 0 Å². The maximum atomic E-state index is 4.46. The third kappa shape index (κ3) is 1.86. The summed E-state index contributed by atoms with van der Waals surface area (Å²) in [5, 5.41) is 1.17. The number of aryl methyl sites for hydroxylation is 1. The number of aromatic nitrogens is 1. The number of hydrogen-bond donors (Lipinski definition) is 1. The van der Waals surface area contributed by atoms with Crippen molar-refractivity contribution in [3.05, 3.63) is 30.0 Å². The second-order valence-corrected chi connectivity index (χ2v) is 3.85. The van der Waals surface area contributed by atoms with Crippen molar-refractivity contribution in [2.75, 3.05) is 14.1 Å². The van der Waals surface area contributed by atoms with Crippen molar-refractivity contribution in [2.45, 2.75) is 6.92 Å². The van der Waals surface area contributed by atoms with Gasteiger partial charge in [-0.2, -0.15) is 0 Å². The molecule has 3 nitrogen and oxygen atoms in total. The van der Waals surface area contributed by atoms with Crippen molar-refractivity contribution in [3.63, 3.8) is 0 Å². The standard InChI is InChI=1S/C12H15N3/c1-9-12(13-8-15(2)3)10-6-4-5-7-11(10)14-9/h4-8,14H,1-3H3. The highest BCUT2D eigenvalue weighted by atomic mass is 15.1. The number of H-pyrrole nitrogens is 1. The zero-order valence-corrected chi connectivity index (χ0v) is 9.28. The number of benzene rings is 1. The molecule has 0 aliphatic heterocycles. The smallest absolute Gasteiger partial charge is 0.0930 e. The number of aliphatic imine (C=N–C) groups is 1. The molecule has 0 atom stereocenters. The minimum atomic E-state index is 1.03. The fourth-order valence-corrected chi connectivity index (χ4v) is 1.60. The molecule has 0 bridgehead atoms. The van der Waals surface area contributed by atoms with Crippen molar-refractivity contribution in [1.29, 1.82) is 0 Å². The Bertz CT molecular complexity index is 495. The van der Waals surface area contributed by atoms with E-state index in [1.807, 2.05) is 44.4 Å². The van der Waals surface area contributed by atoms with Crippen LogP contribution >= 0.6 is 0 Å². The molecule has 0 saturated carbocycles. The first-order chi connectivity index (χ1) is 7.18. The van der Waals surface area contributed by atoms with Crippen molar-refractivity contribution < 1.29 is 0 Å². The zero-order valence-electron chi connectivity index (χ0n) is 9.28. The highest BCUT2D eigenvalue weighted by Gasteiger charge is 2.05. The maximum Gasteiger partial charge on any atom is 0.0930 e. The molecule has 0 amide bonds. The average molecular weight is 201 g/mol. The highest BCUT2D eigenvalue weighted by molar-refractivity contribution is 5.93. The summed E-state index contributed by atoms with van der Waals surface area (Å²) in [6, 6.07) is 8.21. The second kappa shape index (κ2) is 3.77. The van der Waals surface area contributed by atoms with E-state index in [1.165, 1.54) is 5.39 Å². The van der Waals surface area contributed by atoms with Gasteiger partial charge in [0.05, 0.1) is 12.0 Å². The molecule has 2 rings (SSSR count). The number of rotatable bonds is 2. The average Bonchev–Trinajstić information content (AvgIpc) is 2.50. The lowest BCUT2D eigenvalue weighted by Crippen LogP contribution is -2.06. The van der Waals surface area contributed by atoms with Gasteiger partial charge in [-0.15, -0.1) is 0 Å². The molecule has 0 aliphatic carbocycles. The third-order valence-corrected chi connectivity index (χ3v) is 2.28. The summed E-state index contributed by atoms with van der Waals surface area (Å²) in [6.45, 7) is 2.04. The monoisotopic (exact) mass is 201 g/mol. The number of fused-ring (bicyclic) bond motifs is 1. The molecule has 15 heavy (non-hydrogen) atoms. The summed E-state index contributed by atoms with van der Waals surface area (Å²) in [7, 11) is 3.93. The van der Waals surface area contributed by atoms with Gasteiger partial charge >= 0.3 is 0 Å². The molecule has 1 N–H and O–H groups in total. The normalized spacial score (nSPS) is 11.4. The molecule has 0 aliphatic rings. The first kappa shape index (κ1) is 9.77.